The summed E-state index contributed by atoms with van der Waals surface area (Å²) in [6, 6.07) is 12.9. The number of aryl methyl sites for hydroxylation is 1. The van der Waals surface area contributed by atoms with Crippen LogP contribution in [-0.2, 0) is 11.2 Å². The molecule has 0 radical (unpaired) electrons. The highest BCUT2D eigenvalue weighted by Gasteiger charge is 2.28. The minimum absolute atomic E-state index is 0.0300. The number of esters is 1. The van der Waals surface area contributed by atoms with Gasteiger partial charge in [-0.2, -0.15) is 0 Å². The maximum absolute atomic E-state index is 13.0. The molecule has 0 spiro atoms. The second-order valence-corrected chi connectivity index (χ2v) is 6.52. The number of benzene rings is 2. The quantitative estimate of drug-likeness (QED) is 0.508. The Bertz CT molecular complexity index is 1050. The third-order valence-corrected chi connectivity index (χ3v) is 4.91. The Morgan fingerprint density at radius 3 is 2.58 bits per heavy atom. The maximum atomic E-state index is 13.0. The van der Waals surface area contributed by atoms with Crippen molar-refractivity contribution in [1.29, 1.82) is 0 Å². The van der Waals surface area contributed by atoms with E-state index in [-0.39, 0.29) is 5.78 Å². The number of carbonyl (C=O) groups excluding carboxylic acids is 2. The van der Waals surface area contributed by atoms with Gasteiger partial charge in [0, 0.05) is 33.2 Å². The number of ether oxygens (including phenoxy) is 1. The van der Waals surface area contributed by atoms with Crippen molar-refractivity contribution in [2.75, 3.05) is 7.11 Å². The molecular weight excluding hydrogens is 326 g/mol. The number of methoxy groups -OCH3 is 1. The molecule has 0 bridgehead atoms. The van der Waals surface area contributed by atoms with Crippen molar-refractivity contribution in [1.82, 2.24) is 4.98 Å². The lowest BCUT2D eigenvalue weighted by molar-refractivity contribution is 0.0602. The molecule has 4 nitrogen and oxygen atoms in total. The van der Waals surface area contributed by atoms with Crippen molar-refractivity contribution >= 4 is 22.5 Å². The Kier molecular flexibility index (Phi) is 4.03. The molecule has 0 saturated heterocycles. The van der Waals surface area contributed by atoms with Gasteiger partial charge >= 0.3 is 5.97 Å². The van der Waals surface area contributed by atoms with Gasteiger partial charge in [-0.25, -0.2) is 4.79 Å². The largest absolute Gasteiger partial charge is 0.465 e. The van der Waals surface area contributed by atoms with Gasteiger partial charge in [-0.05, 0) is 31.0 Å². The Balaban J connectivity index is 2.10. The molecule has 1 aromatic heterocycles. The average Bonchev–Trinajstić information content (AvgIpc) is 2.69. The molecule has 26 heavy (non-hydrogen) atoms. The molecule has 1 aliphatic carbocycles. The zero-order chi connectivity index (χ0) is 18.3. The molecule has 2 aromatic carbocycles. The first-order valence-corrected chi connectivity index (χ1v) is 8.84. The fraction of sp³-hybridized carbons (Fsp3) is 0.227. The summed E-state index contributed by atoms with van der Waals surface area (Å²) < 4.78 is 4.95. The van der Waals surface area contributed by atoms with Gasteiger partial charge in [-0.1, -0.05) is 37.6 Å². The van der Waals surface area contributed by atoms with Crippen molar-refractivity contribution in [3.63, 3.8) is 0 Å². The molecule has 0 atom stereocenters. The summed E-state index contributed by atoms with van der Waals surface area (Å²) in [6.45, 7) is 2.14. The Labute approximate surface area is 151 Å². The highest BCUT2D eigenvalue weighted by molar-refractivity contribution is 6.27. The monoisotopic (exact) mass is 345 g/mol. The minimum atomic E-state index is -0.401. The Morgan fingerprint density at radius 2 is 1.85 bits per heavy atom. The number of nitrogens with zero attached hydrogens (tertiary/aromatic N) is 1. The number of hydrogen-bond acceptors (Lipinski definition) is 4. The normalized spacial score (nSPS) is 12.2. The zero-order valence-electron chi connectivity index (χ0n) is 14.8. The van der Waals surface area contributed by atoms with E-state index in [4.69, 9.17) is 9.72 Å². The van der Waals surface area contributed by atoms with E-state index >= 15 is 0 Å². The molecule has 0 aliphatic heterocycles. The number of carbonyl (C=O) groups is 2. The van der Waals surface area contributed by atoms with Crippen LogP contribution >= 0.6 is 0 Å². The van der Waals surface area contributed by atoms with Crippen LogP contribution in [0.3, 0.4) is 0 Å². The van der Waals surface area contributed by atoms with Gasteiger partial charge in [-0.15, -0.1) is 0 Å². The van der Waals surface area contributed by atoms with Crippen LogP contribution in [0.1, 0.15) is 51.7 Å². The second kappa shape index (κ2) is 6.37. The molecular formula is C22H19NO3. The molecule has 0 fully saturated rings. The molecule has 1 aliphatic rings. The molecule has 130 valence electrons. The van der Waals surface area contributed by atoms with Gasteiger partial charge in [0.15, 0.2) is 5.78 Å². The van der Waals surface area contributed by atoms with Crippen molar-refractivity contribution < 1.29 is 14.3 Å². The SMILES string of the molecule is CCCCc1cc2c(C(=O)OC)ccc3c2c(n1)-c1ccccc1C3=O. The van der Waals surface area contributed by atoms with E-state index in [1.807, 2.05) is 30.3 Å². The summed E-state index contributed by atoms with van der Waals surface area (Å²) in [5.74, 6) is -0.431. The van der Waals surface area contributed by atoms with Gasteiger partial charge in [0.05, 0.1) is 18.4 Å². The number of rotatable bonds is 4. The smallest absolute Gasteiger partial charge is 0.338 e. The molecule has 0 amide bonds. The average molecular weight is 345 g/mol. The van der Waals surface area contributed by atoms with Crippen molar-refractivity contribution in [3.05, 3.63) is 64.8 Å². The number of unbranched alkanes of at least 4 members (excludes halogenated alkanes) is 1. The summed E-state index contributed by atoms with van der Waals surface area (Å²) in [5, 5.41) is 1.49. The van der Waals surface area contributed by atoms with E-state index in [1.165, 1.54) is 7.11 Å². The first-order chi connectivity index (χ1) is 12.7. The number of fused-ring (bicyclic) bond motifs is 2. The van der Waals surface area contributed by atoms with Gasteiger partial charge in [0.25, 0.3) is 0 Å². The zero-order valence-corrected chi connectivity index (χ0v) is 14.8. The highest BCUT2D eigenvalue weighted by Crippen LogP contribution is 2.39. The van der Waals surface area contributed by atoms with Gasteiger partial charge in [-0.3, -0.25) is 9.78 Å². The van der Waals surface area contributed by atoms with E-state index in [0.29, 0.717) is 16.7 Å². The van der Waals surface area contributed by atoms with Crippen molar-refractivity contribution in [2.24, 2.45) is 0 Å². The molecule has 4 heteroatoms. The van der Waals surface area contributed by atoms with E-state index in [9.17, 15) is 9.59 Å². The highest BCUT2D eigenvalue weighted by atomic mass is 16.5. The van der Waals surface area contributed by atoms with E-state index in [1.54, 1.807) is 12.1 Å². The van der Waals surface area contributed by atoms with Crippen molar-refractivity contribution in [2.45, 2.75) is 26.2 Å². The van der Waals surface area contributed by atoms with Gasteiger partial charge < -0.3 is 4.74 Å². The van der Waals surface area contributed by atoms with Crippen LogP contribution in [0.15, 0.2) is 42.5 Å². The molecule has 0 N–H and O–H groups in total. The lowest BCUT2D eigenvalue weighted by atomic mass is 9.84. The predicted molar refractivity (Wildman–Crippen MR) is 101 cm³/mol. The van der Waals surface area contributed by atoms with E-state index < -0.39 is 5.97 Å². The van der Waals surface area contributed by atoms with Crippen LogP contribution in [0.2, 0.25) is 0 Å². The van der Waals surface area contributed by atoms with E-state index in [0.717, 1.165) is 47.0 Å². The fourth-order valence-corrected chi connectivity index (χ4v) is 3.61. The van der Waals surface area contributed by atoms with Crippen LogP contribution < -0.4 is 0 Å². The first kappa shape index (κ1) is 16.5. The molecule has 1 heterocycles. The summed E-state index contributed by atoms with van der Waals surface area (Å²) in [6.07, 6.45) is 2.92. The number of ketones is 1. The number of hydrogen-bond donors (Lipinski definition) is 0. The van der Waals surface area contributed by atoms with Crippen LogP contribution in [0.5, 0.6) is 0 Å². The lowest BCUT2D eigenvalue weighted by Crippen LogP contribution is -2.14. The fourth-order valence-electron chi connectivity index (χ4n) is 3.61. The number of aromatic nitrogens is 1. The van der Waals surface area contributed by atoms with Gasteiger partial charge in [0.1, 0.15) is 0 Å². The third-order valence-electron chi connectivity index (χ3n) is 4.91. The summed E-state index contributed by atoms with van der Waals surface area (Å²) in [5.41, 5.74) is 4.27. The molecule has 3 aromatic rings. The maximum Gasteiger partial charge on any atom is 0.338 e. The first-order valence-electron chi connectivity index (χ1n) is 8.84. The standard InChI is InChI=1S/C22H19NO3/c1-3-4-7-13-12-18-16(22(25)26-2)10-11-17-19(18)20(23-13)14-8-5-6-9-15(14)21(17)24/h5-6,8-12H,3-4,7H2,1-2H3. The third kappa shape index (κ3) is 2.41. The summed E-state index contributed by atoms with van der Waals surface area (Å²) in [7, 11) is 1.37. The molecule has 4 rings (SSSR count). The number of pyridine rings is 1. The molecule has 0 saturated carbocycles. The van der Waals surface area contributed by atoms with Crippen LogP contribution in [-0.4, -0.2) is 23.8 Å². The Morgan fingerprint density at radius 1 is 1.08 bits per heavy atom. The minimum Gasteiger partial charge on any atom is -0.465 e. The van der Waals surface area contributed by atoms with E-state index in [2.05, 4.69) is 6.92 Å². The van der Waals surface area contributed by atoms with Crippen molar-refractivity contribution in [3.8, 4) is 11.3 Å². The predicted octanol–water partition coefficient (Wildman–Crippen LogP) is 4.58. The second-order valence-electron chi connectivity index (χ2n) is 6.52. The molecule has 0 unspecified atom stereocenters. The lowest BCUT2D eigenvalue weighted by Gasteiger charge is -2.21. The topological polar surface area (TPSA) is 56.3 Å². The van der Waals surface area contributed by atoms with Gasteiger partial charge in [0.2, 0.25) is 0 Å². The van der Waals surface area contributed by atoms with Crippen LogP contribution in [0, 0.1) is 0 Å². The summed E-state index contributed by atoms with van der Waals surface area (Å²) >= 11 is 0. The van der Waals surface area contributed by atoms with Crippen LogP contribution in [0.4, 0.5) is 0 Å². The summed E-state index contributed by atoms with van der Waals surface area (Å²) in [4.78, 5) is 30.1. The Hall–Kier alpha value is -3.01. The van der Waals surface area contributed by atoms with Crippen LogP contribution in [0.25, 0.3) is 22.0 Å².